The van der Waals surface area contributed by atoms with Gasteiger partial charge in [0.05, 0.1) is 25.8 Å². The van der Waals surface area contributed by atoms with Crippen LogP contribution in [0, 0.1) is 17.2 Å². The first kappa shape index (κ1) is 20.4. The molecule has 0 radical (unpaired) electrons. The number of aliphatic hydroxyl groups excluding tert-OH is 1. The summed E-state index contributed by atoms with van der Waals surface area (Å²) >= 11 is 0. The van der Waals surface area contributed by atoms with Crippen molar-refractivity contribution in [1.82, 2.24) is 4.90 Å². The molecule has 6 heteroatoms. The Labute approximate surface area is 176 Å². The van der Waals surface area contributed by atoms with Gasteiger partial charge >= 0.3 is 0 Å². The first-order valence-electron chi connectivity index (χ1n) is 10.3. The highest BCUT2D eigenvalue weighted by atomic mass is 16.5. The Kier molecular flexibility index (Phi) is 6.03. The fourth-order valence-corrected chi connectivity index (χ4v) is 4.63. The van der Waals surface area contributed by atoms with E-state index in [0.29, 0.717) is 26.1 Å². The van der Waals surface area contributed by atoms with E-state index < -0.39 is 6.04 Å². The quantitative estimate of drug-likeness (QED) is 0.825. The summed E-state index contributed by atoms with van der Waals surface area (Å²) in [6.07, 6.45) is 1.34. The van der Waals surface area contributed by atoms with E-state index in [1.165, 1.54) is 0 Å². The van der Waals surface area contributed by atoms with Crippen LogP contribution in [-0.4, -0.2) is 54.9 Å². The van der Waals surface area contributed by atoms with E-state index >= 15 is 0 Å². The molecule has 2 fully saturated rings. The lowest BCUT2D eigenvalue weighted by molar-refractivity contribution is -0.154. The number of carbonyl (C=O) groups excluding carboxylic acids is 1. The lowest BCUT2D eigenvalue weighted by Gasteiger charge is -2.52. The molecule has 156 valence electrons. The molecule has 0 spiro atoms. The normalized spacial score (nSPS) is 24.0. The SMILES string of the molecule is COc1ccccc1-c1ccc([C@@H]2[C@@H](C#N)N(C(=O)C3CCOCC3)[C@H]2CO)cc1. The molecule has 1 N–H and O–H groups in total. The molecule has 0 bridgehead atoms. The van der Waals surface area contributed by atoms with Gasteiger partial charge in [0, 0.05) is 30.6 Å². The maximum absolute atomic E-state index is 13.0. The van der Waals surface area contributed by atoms with Gasteiger partial charge in [-0.1, -0.05) is 42.5 Å². The van der Waals surface area contributed by atoms with Gasteiger partial charge in [0.2, 0.25) is 5.91 Å². The fraction of sp³-hybridized carbons (Fsp3) is 0.417. The number of hydrogen-bond donors (Lipinski definition) is 1. The van der Waals surface area contributed by atoms with Crippen molar-refractivity contribution in [2.75, 3.05) is 26.9 Å². The van der Waals surface area contributed by atoms with Crippen molar-refractivity contribution in [2.24, 2.45) is 5.92 Å². The second-order valence-corrected chi connectivity index (χ2v) is 7.80. The Balaban J connectivity index is 1.56. The molecular weight excluding hydrogens is 380 g/mol. The highest BCUT2D eigenvalue weighted by Gasteiger charge is 2.52. The molecule has 2 saturated heterocycles. The standard InChI is InChI=1S/C24H26N2O4/c1-29-22-5-3-2-4-19(22)16-6-8-17(9-7-16)23-20(14-25)26(21(23)15-27)24(28)18-10-12-30-13-11-18/h2-9,18,20-21,23,27H,10-13,15H2,1H3/t20-,21+,23-/m1/s1. The van der Waals surface area contributed by atoms with Crippen LogP contribution in [0.1, 0.15) is 24.3 Å². The van der Waals surface area contributed by atoms with Crippen LogP contribution in [-0.2, 0) is 9.53 Å². The number of benzene rings is 2. The maximum atomic E-state index is 13.0. The van der Waals surface area contributed by atoms with Gasteiger partial charge in [-0.05, 0) is 30.0 Å². The van der Waals surface area contributed by atoms with Gasteiger partial charge in [0.15, 0.2) is 0 Å². The Bertz CT molecular complexity index is 931. The van der Waals surface area contributed by atoms with Gasteiger partial charge in [-0.15, -0.1) is 0 Å². The van der Waals surface area contributed by atoms with Gasteiger partial charge in [-0.3, -0.25) is 4.79 Å². The zero-order valence-corrected chi connectivity index (χ0v) is 17.0. The van der Waals surface area contributed by atoms with Crippen molar-refractivity contribution in [3.05, 3.63) is 54.1 Å². The van der Waals surface area contributed by atoms with Crippen molar-refractivity contribution in [3.63, 3.8) is 0 Å². The van der Waals surface area contributed by atoms with Crippen LogP contribution in [0.3, 0.4) is 0 Å². The van der Waals surface area contributed by atoms with Crippen LogP contribution >= 0.6 is 0 Å². The molecule has 0 aliphatic carbocycles. The summed E-state index contributed by atoms with van der Waals surface area (Å²) in [5.41, 5.74) is 2.96. The summed E-state index contributed by atoms with van der Waals surface area (Å²) in [6.45, 7) is 0.976. The van der Waals surface area contributed by atoms with Crippen LogP contribution in [0.25, 0.3) is 11.1 Å². The van der Waals surface area contributed by atoms with Crippen LogP contribution in [0.2, 0.25) is 0 Å². The Hall–Kier alpha value is -2.88. The van der Waals surface area contributed by atoms with Crippen LogP contribution in [0.15, 0.2) is 48.5 Å². The summed E-state index contributed by atoms with van der Waals surface area (Å²) in [5.74, 6) is 0.434. The molecular formula is C24H26N2O4. The zero-order valence-electron chi connectivity index (χ0n) is 17.0. The molecule has 2 aliphatic heterocycles. The highest BCUT2D eigenvalue weighted by Crippen LogP contribution is 2.42. The van der Waals surface area contributed by atoms with Gasteiger partial charge in [-0.2, -0.15) is 5.26 Å². The molecule has 2 aromatic rings. The molecule has 2 aromatic carbocycles. The predicted octanol–water partition coefficient (Wildman–Crippen LogP) is 2.97. The maximum Gasteiger partial charge on any atom is 0.227 e. The van der Waals surface area contributed by atoms with Gasteiger partial charge in [0.25, 0.3) is 0 Å². The first-order chi connectivity index (χ1) is 14.7. The van der Waals surface area contributed by atoms with Gasteiger partial charge in [0.1, 0.15) is 11.8 Å². The largest absolute Gasteiger partial charge is 0.496 e. The molecule has 0 unspecified atom stereocenters. The number of aliphatic hydroxyl groups is 1. The third kappa shape index (κ3) is 3.55. The minimum absolute atomic E-state index is 0.0363. The van der Waals surface area contributed by atoms with E-state index in [2.05, 4.69) is 6.07 Å². The Morgan fingerprint density at radius 2 is 1.90 bits per heavy atom. The second kappa shape index (κ2) is 8.86. The van der Waals surface area contributed by atoms with Crippen molar-refractivity contribution < 1.29 is 19.4 Å². The Morgan fingerprint density at radius 3 is 2.53 bits per heavy atom. The molecule has 6 nitrogen and oxygen atoms in total. The summed E-state index contributed by atoms with van der Waals surface area (Å²) < 4.78 is 10.8. The number of ether oxygens (including phenoxy) is 2. The molecule has 0 aromatic heterocycles. The van der Waals surface area contributed by atoms with Gasteiger partial charge < -0.3 is 19.5 Å². The van der Waals surface area contributed by atoms with Crippen molar-refractivity contribution in [3.8, 4) is 22.9 Å². The van der Waals surface area contributed by atoms with Crippen molar-refractivity contribution in [1.29, 1.82) is 5.26 Å². The third-order valence-corrected chi connectivity index (χ3v) is 6.27. The number of rotatable bonds is 5. The average molecular weight is 406 g/mol. The summed E-state index contributed by atoms with van der Waals surface area (Å²) in [5, 5.41) is 19.8. The van der Waals surface area contributed by atoms with E-state index in [1.54, 1.807) is 12.0 Å². The first-order valence-corrected chi connectivity index (χ1v) is 10.3. The number of hydrogen-bond acceptors (Lipinski definition) is 5. The lowest BCUT2D eigenvalue weighted by Crippen LogP contribution is -2.66. The average Bonchev–Trinajstić information content (AvgIpc) is 2.80. The highest BCUT2D eigenvalue weighted by molar-refractivity contribution is 5.82. The molecule has 2 aliphatic rings. The van der Waals surface area contributed by atoms with Gasteiger partial charge in [-0.25, -0.2) is 0 Å². The molecule has 1 amide bonds. The fourth-order valence-electron chi connectivity index (χ4n) is 4.63. The second-order valence-electron chi connectivity index (χ2n) is 7.80. The van der Waals surface area contributed by atoms with E-state index in [9.17, 15) is 15.2 Å². The molecule has 4 rings (SSSR count). The summed E-state index contributed by atoms with van der Waals surface area (Å²) in [4.78, 5) is 14.6. The number of likely N-dealkylation sites (tertiary alicyclic amines) is 1. The molecule has 2 heterocycles. The minimum Gasteiger partial charge on any atom is -0.496 e. The summed E-state index contributed by atoms with van der Waals surface area (Å²) in [6, 6.07) is 17.1. The lowest BCUT2D eigenvalue weighted by atomic mass is 9.74. The zero-order chi connectivity index (χ0) is 21.1. The van der Waals surface area contributed by atoms with Crippen LogP contribution in [0.4, 0.5) is 0 Å². The number of methoxy groups -OCH3 is 1. The van der Waals surface area contributed by atoms with Crippen LogP contribution < -0.4 is 4.74 Å². The molecule has 0 saturated carbocycles. The number of nitrogens with zero attached hydrogens (tertiary/aromatic N) is 2. The van der Waals surface area contributed by atoms with Crippen LogP contribution in [0.5, 0.6) is 5.75 Å². The van der Waals surface area contributed by atoms with E-state index in [1.807, 2.05) is 48.5 Å². The Morgan fingerprint density at radius 1 is 1.20 bits per heavy atom. The van der Waals surface area contributed by atoms with E-state index in [4.69, 9.17) is 9.47 Å². The predicted molar refractivity (Wildman–Crippen MR) is 112 cm³/mol. The number of amides is 1. The molecule has 3 atom stereocenters. The van der Waals surface area contributed by atoms with Crippen molar-refractivity contribution in [2.45, 2.75) is 30.8 Å². The number of carbonyl (C=O) groups is 1. The van der Waals surface area contributed by atoms with Crippen molar-refractivity contribution >= 4 is 5.91 Å². The number of nitriles is 1. The smallest absolute Gasteiger partial charge is 0.227 e. The monoisotopic (exact) mass is 406 g/mol. The summed E-state index contributed by atoms with van der Waals surface area (Å²) in [7, 11) is 1.65. The number of para-hydroxylation sites is 1. The minimum atomic E-state index is -0.561. The third-order valence-electron chi connectivity index (χ3n) is 6.27. The topological polar surface area (TPSA) is 82.8 Å². The van der Waals surface area contributed by atoms with E-state index in [-0.39, 0.29) is 30.4 Å². The van der Waals surface area contributed by atoms with E-state index in [0.717, 1.165) is 22.4 Å². The molecule has 30 heavy (non-hydrogen) atoms.